The van der Waals surface area contributed by atoms with Gasteiger partial charge in [-0.2, -0.15) is 13.2 Å². The summed E-state index contributed by atoms with van der Waals surface area (Å²) in [5.41, 5.74) is -1.45. The van der Waals surface area contributed by atoms with Gasteiger partial charge in [-0.3, -0.25) is 0 Å². The van der Waals surface area contributed by atoms with Crippen LogP contribution in [0.25, 0.3) is 5.69 Å². The maximum atomic E-state index is 12.9. The van der Waals surface area contributed by atoms with E-state index in [0.29, 0.717) is 16.6 Å². The minimum Gasteiger partial charge on any atom is -0.409 e. The van der Waals surface area contributed by atoms with Gasteiger partial charge in [-0.1, -0.05) is 29.1 Å². The summed E-state index contributed by atoms with van der Waals surface area (Å²) in [6.07, 6.45) is -4.62. The maximum Gasteiger partial charge on any atom is 0.438 e. The summed E-state index contributed by atoms with van der Waals surface area (Å²) in [4.78, 5) is 15.0. The van der Waals surface area contributed by atoms with Gasteiger partial charge in [-0.15, -0.1) is 0 Å². The van der Waals surface area contributed by atoms with Crippen molar-refractivity contribution in [3.05, 3.63) is 75.8 Å². The van der Waals surface area contributed by atoms with E-state index in [1.54, 1.807) is 18.2 Å². The summed E-state index contributed by atoms with van der Waals surface area (Å²) in [6, 6.07) is 11.9. The number of alkyl halides is 3. The molecule has 0 atom stereocenters. The van der Waals surface area contributed by atoms with Gasteiger partial charge in [0, 0.05) is 0 Å². The number of rotatable bonds is 3. The number of nitro groups is 1. The number of hydrogen-bond acceptors (Lipinski definition) is 5. The Morgan fingerprint density at radius 3 is 2.42 bits per heavy atom. The van der Waals surface area contributed by atoms with E-state index in [9.17, 15) is 28.5 Å². The van der Waals surface area contributed by atoms with Gasteiger partial charge in [0.1, 0.15) is 5.69 Å². The van der Waals surface area contributed by atoms with E-state index in [1.807, 2.05) is 0 Å². The lowest BCUT2D eigenvalue weighted by atomic mass is 10.2. The molecule has 11 heteroatoms. The summed E-state index contributed by atoms with van der Waals surface area (Å²) in [5.74, 6) is -0.811. The van der Waals surface area contributed by atoms with Gasteiger partial charge >= 0.3 is 12.0 Å². The molecule has 0 bridgehead atoms. The average Bonchev–Trinajstić information content (AvgIpc) is 2.92. The predicted octanol–water partition coefficient (Wildman–Crippen LogP) is 3.07. The Morgan fingerprint density at radius 1 is 1.12 bits per heavy atom. The first-order valence-corrected chi connectivity index (χ1v) is 7.11. The topological polar surface area (TPSA) is 98.5 Å². The van der Waals surface area contributed by atoms with E-state index < -0.39 is 28.0 Å². The fourth-order valence-corrected chi connectivity index (χ4v) is 2.17. The molecule has 134 valence electrons. The molecule has 1 aromatic heterocycles. The summed E-state index contributed by atoms with van der Waals surface area (Å²) in [5, 5.41) is 25.0. The quantitative estimate of drug-likeness (QED) is 0.438. The van der Waals surface area contributed by atoms with Gasteiger partial charge < -0.3 is 15.3 Å². The number of aromatic nitrogens is 3. The second-order valence-corrected chi connectivity index (χ2v) is 5.08. The Kier molecular flexibility index (Phi) is 4.20. The lowest BCUT2D eigenvalue weighted by Gasteiger charge is -2.07. The fraction of sp³-hybridized carbons (Fsp3) is 0.0667. The molecule has 2 aromatic carbocycles. The molecule has 3 aromatic rings. The molecule has 3 rings (SSSR count). The molecule has 0 saturated heterocycles. The monoisotopic (exact) mass is 365 g/mol. The minimum atomic E-state index is -4.62. The molecule has 0 saturated carbocycles. The SMILES string of the molecule is O=[N+]([O-])c1nn(-c2cccc(C(F)(F)F)c2)n(O)c1=Nc1ccccc1. The third-order valence-electron chi connectivity index (χ3n) is 3.33. The first kappa shape index (κ1) is 17.2. The Labute approximate surface area is 143 Å². The predicted molar refractivity (Wildman–Crippen MR) is 82.1 cm³/mol. The second kappa shape index (κ2) is 6.35. The van der Waals surface area contributed by atoms with Crippen LogP contribution >= 0.6 is 0 Å². The summed E-state index contributed by atoms with van der Waals surface area (Å²) in [7, 11) is 0. The number of hydrogen-bond donors (Lipinski definition) is 1. The maximum absolute atomic E-state index is 12.9. The smallest absolute Gasteiger partial charge is 0.409 e. The van der Waals surface area contributed by atoms with Gasteiger partial charge in [0.15, 0.2) is 0 Å². The molecule has 1 heterocycles. The van der Waals surface area contributed by atoms with E-state index >= 15 is 0 Å². The molecule has 26 heavy (non-hydrogen) atoms. The molecular weight excluding hydrogens is 355 g/mol. The molecule has 0 unspecified atom stereocenters. The third-order valence-corrected chi connectivity index (χ3v) is 3.33. The molecular formula is C15H10F3N5O3. The molecule has 0 aliphatic carbocycles. The van der Waals surface area contributed by atoms with Crippen molar-refractivity contribution < 1.29 is 23.3 Å². The highest BCUT2D eigenvalue weighted by Crippen LogP contribution is 2.30. The van der Waals surface area contributed by atoms with Crippen LogP contribution in [0.15, 0.2) is 59.6 Å². The molecule has 1 N–H and O–H groups in total. The minimum absolute atomic E-state index is 0.222. The van der Waals surface area contributed by atoms with Crippen LogP contribution in [-0.2, 0) is 6.18 Å². The van der Waals surface area contributed by atoms with E-state index in [4.69, 9.17) is 0 Å². The zero-order chi connectivity index (χ0) is 18.9. The van der Waals surface area contributed by atoms with Crippen molar-refractivity contribution in [3.63, 3.8) is 0 Å². The van der Waals surface area contributed by atoms with Crippen molar-refractivity contribution in [1.82, 2.24) is 14.7 Å². The normalized spacial score (nSPS) is 12.3. The lowest BCUT2D eigenvalue weighted by molar-refractivity contribution is -0.391. The van der Waals surface area contributed by atoms with Crippen molar-refractivity contribution >= 4 is 11.5 Å². The Balaban J connectivity index is 2.21. The van der Waals surface area contributed by atoms with E-state index in [1.165, 1.54) is 18.2 Å². The van der Waals surface area contributed by atoms with E-state index in [2.05, 4.69) is 10.1 Å². The van der Waals surface area contributed by atoms with Gasteiger partial charge in [-0.25, -0.2) is 4.99 Å². The van der Waals surface area contributed by atoms with Crippen molar-refractivity contribution in [2.24, 2.45) is 4.99 Å². The Hall–Kier alpha value is -3.63. The third kappa shape index (κ3) is 3.27. The van der Waals surface area contributed by atoms with Crippen LogP contribution in [0, 0.1) is 10.1 Å². The standard InChI is InChI=1S/C15H10F3N5O3/c16-15(17,18)10-5-4-8-12(9-10)21-20-14(23(25)26)13(22(21)24)19-11-6-2-1-3-7-11/h1-9,24H. The molecule has 0 aliphatic heterocycles. The van der Waals surface area contributed by atoms with Gasteiger partial charge in [0.05, 0.1) is 16.3 Å². The van der Waals surface area contributed by atoms with Crippen LogP contribution in [0.5, 0.6) is 0 Å². The van der Waals surface area contributed by atoms with Crippen LogP contribution in [0.1, 0.15) is 5.56 Å². The first-order valence-electron chi connectivity index (χ1n) is 7.11. The van der Waals surface area contributed by atoms with Gasteiger partial charge in [0.25, 0.3) is 5.49 Å². The number of nitrogens with zero attached hydrogens (tertiary/aromatic N) is 5. The fourth-order valence-electron chi connectivity index (χ4n) is 2.17. The van der Waals surface area contributed by atoms with E-state index in [0.717, 1.165) is 12.1 Å². The van der Waals surface area contributed by atoms with Crippen LogP contribution in [0.3, 0.4) is 0 Å². The first-order chi connectivity index (χ1) is 12.3. The Morgan fingerprint density at radius 2 is 1.81 bits per heavy atom. The zero-order valence-electron chi connectivity index (χ0n) is 12.8. The number of para-hydroxylation sites is 1. The Bertz CT molecular complexity index is 1020. The van der Waals surface area contributed by atoms with Gasteiger partial charge in [-0.05, 0) is 40.1 Å². The molecule has 0 spiro atoms. The molecule has 0 aliphatic rings. The highest BCUT2D eigenvalue weighted by molar-refractivity contribution is 5.38. The number of halogens is 3. The average molecular weight is 365 g/mol. The van der Waals surface area contributed by atoms with Crippen molar-refractivity contribution in [2.45, 2.75) is 6.18 Å². The second-order valence-electron chi connectivity index (χ2n) is 5.08. The molecule has 0 radical (unpaired) electrons. The highest BCUT2D eigenvalue weighted by Gasteiger charge is 2.32. The van der Waals surface area contributed by atoms with Crippen LogP contribution in [-0.4, -0.2) is 24.9 Å². The van der Waals surface area contributed by atoms with Crippen molar-refractivity contribution in [3.8, 4) is 5.69 Å². The highest BCUT2D eigenvalue weighted by atomic mass is 19.4. The summed E-state index contributed by atoms with van der Waals surface area (Å²) in [6.45, 7) is 0. The van der Waals surface area contributed by atoms with Crippen LogP contribution < -0.4 is 5.49 Å². The van der Waals surface area contributed by atoms with Crippen molar-refractivity contribution in [2.75, 3.05) is 0 Å². The molecule has 0 amide bonds. The lowest BCUT2D eigenvalue weighted by Crippen LogP contribution is -2.22. The largest absolute Gasteiger partial charge is 0.438 e. The number of benzene rings is 2. The van der Waals surface area contributed by atoms with E-state index in [-0.39, 0.29) is 10.5 Å². The van der Waals surface area contributed by atoms with Crippen LogP contribution in [0.4, 0.5) is 24.7 Å². The molecule has 0 fully saturated rings. The summed E-state index contributed by atoms with van der Waals surface area (Å²) < 4.78 is 38.6. The van der Waals surface area contributed by atoms with Crippen molar-refractivity contribution in [1.29, 1.82) is 0 Å². The summed E-state index contributed by atoms with van der Waals surface area (Å²) >= 11 is 0. The van der Waals surface area contributed by atoms with Crippen LogP contribution in [0.2, 0.25) is 0 Å². The van der Waals surface area contributed by atoms with Gasteiger partial charge in [0.2, 0.25) is 0 Å². The zero-order valence-corrected chi connectivity index (χ0v) is 12.8. The molecule has 8 nitrogen and oxygen atoms in total.